The van der Waals surface area contributed by atoms with Crippen molar-refractivity contribution in [1.29, 1.82) is 0 Å². The van der Waals surface area contributed by atoms with E-state index in [1.807, 2.05) is 23.1 Å². The molecule has 0 bridgehead atoms. The zero-order valence-electron chi connectivity index (χ0n) is 20.0. The number of hydroxylamine groups is 1. The molecule has 2 aliphatic rings. The molecule has 1 atom stereocenters. The van der Waals surface area contributed by atoms with Gasteiger partial charge in [0.2, 0.25) is 6.23 Å². The quantitative estimate of drug-likeness (QED) is 0.537. The topological polar surface area (TPSA) is 83.4 Å². The fraction of sp³-hybridized carbons (Fsp3) is 0.286. The summed E-state index contributed by atoms with van der Waals surface area (Å²) in [6.07, 6.45) is 0.378. The molecule has 2 N–H and O–H groups in total. The van der Waals surface area contributed by atoms with Gasteiger partial charge < -0.3 is 9.84 Å². The first-order valence-corrected chi connectivity index (χ1v) is 11.8. The summed E-state index contributed by atoms with van der Waals surface area (Å²) in [5.41, 5.74) is 11.9. The third kappa shape index (κ3) is 4.98. The Labute approximate surface area is 205 Å². The second-order valence-electron chi connectivity index (χ2n) is 9.05. The predicted octanol–water partition coefficient (Wildman–Crippen LogP) is 4.23. The Morgan fingerprint density at radius 1 is 1.14 bits per heavy atom. The van der Waals surface area contributed by atoms with Crippen molar-refractivity contribution in [3.05, 3.63) is 94.0 Å². The molecule has 0 saturated heterocycles. The van der Waals surface area contributed by atoms with E-state index in [1.54, 1.807) is 7.11 Å². The monoisotopic (exact) mass is 471 g/mol. The molecule has 180 valence electrons. The number of carboxylic acid groups (broad SMARTS) is 1. The lowest BCUT2D eigenvalue weighted by atomic mass is 9.94. The van der Waals surface area contributed by atoms with Gasteiger partial charge in [0.05, 0.1) is 13.2 Å². The van der Waals surface area contributed by atoms with Crippen LogP contribution in [0.5, 0.6) is 0 Å². The first-order valence-electron chi connectivity index (χ1n) is 11.8. The number of benzene rings is 3. The molecule has 7 nitrogen and oxygen atoms in total. The van der Waals surface area contributed by atoms with E-state index in [0.29, 0.717) is 19.0 Å². The van der Waals surface area contributed by atoms with E-state index in [4.69, 9.17) is 19.7 Å². The van der Waals surface area contributed by atoms with Gasteiger partial charge in [0.15, 0.2) is 5.84 Å². The summed E-state index contributed by atoms with van der Waals surface area (Å²) in [7, 11) is 1.70. The number of amidine groups is 1. The average molecular weight is 472 g/mol. The lowest BCUT2D eigenvalue weighted by Crippen LogP contribution is -2.35. The largest absolute Gasteiger partial charge is 0.480 e. The predicted molar refractivity (Wildman–Crippen MR) is 134 cm³/mol. The number of nitrogens with zero attached hydrogens (tertiary/aromatic N) is 2. The molecule has 0 radical (unpaired) electrons. The lowest BCUT2D eigenvalue weighted by molar-refractivity contribution is -0.138. The summed E-state index contributed by atoms with van der Waals surface area (Å²) in [5, 5.41) is 9.13. The van der Waals surface area contributed by atoms with Gasteiger partial charge in [-0.25, -0.2) is 15.3 Å². The second kappa shape index (κ2) is 10.00. The minimum absolute atomic E-state index is 0.0519. The summed E-state index contributed by atoms with van der Waals surface area (Å²) in [6, 6.07) is 20.8. The van der Waals surface area contributed by atoms with Gasteiger partial charge in [-0.05, 0) is 58.9 Å². The highest BCUT2D eigenvalue weighted by Crippen LogP contribution is 2.32. The molecule has 7 heteroatoms. The van der Waals surface area contributed by atoms with Crippen molar-refractivity contribution < 1.29 is 19.5 Å². The number of methoxy groups -OCH3 is 1. The maximum Gasteiger partial charge on any atom is 0.317 e. The molecule has 1 unspecified atom stereocenters. The molecule has 0 aromatic heterocycles. The lowest BCUT2D eigenvalue weighted by Gasteiger charge is -2.27. The van der Waals surface area contributed by atoms with E-state index in [-0.39, 0.29) is 6.54 Å². The van der Waals surface area contributed by atoms with Gasteiger partial charge in [-0.1, -0.05) is 48.5 Å². The van der Waals surface area contributed by atoms with Gasteiger partial charge >= 0.3 is 5.97 Å². The van der Waals surface area contributed by atoms with Crippen LogP contribution in [0, 0.1) is 6.92 Å². The zero-order chi connectivity index (χ0) is 24.4. The molecule has 0 saturated carbocycles. The first-order chi connectivity index (χ1) is 17.0. The van der Waals surface area contributed by atoms with Crippen LogP contribution < -0.4 is 5.48 Å². The Morgan fingerprint density at radius 3 is 2.80 bits per heavy atom. The van der Waals surface area contributed by atoms with Crippen LogP contribution in [-0.2, 0) is 33.9 Å². The second-order valence-corrected chi connectivity index (χ2v) is 9.05. The van der Waals surface area contributed by atoms with E-state index in [1.165, 1.54) is 16.7 Å². The van der Waals surface area contributed by atoms with Crippen LogP contribution in [0.1, 0.15) is 39.6 Å². The van der Waals surface area contributed by atoms with Crippen molar-refractivity contribution in [3.63, 3.8) is 0 Å². The van der Waals surface area contributed by atoms with E-state index >= 15 is 0 Å². The van der Waals surface area contributed by atoms with Crippen LogP contribution in [0.3, 0.4) is 0 Å². The Morgan fingerprint density at radius 2 is 2.00 bits per heavy atom. The van der Waals surface area contributed by atoms with Crippen molar-refractivity contribution in [2.24, 2.45) is 4.99 Å². The number of ether oxygens (including phenoxy) is 1. The maximum absolute atomic E-state index is 11.1. The highest BCUT2D eigenvalue weighted by Gasteiger charge is 2.24. The Balaban J connectivity index is 1.40. The number of carbonyl (C=O) groups is 1. The molecule has 2 aliphatic heterocycles. The van der Waals surface area contributed by atoms with Crippen molar-refractivity contribution in [1.82, 2.24) is 10.4 Å². The molecule has 35 heavy (non-hydrogen) atoms. The summed E-state index contributed by atoms with van der Waals surface area (Å²) < 4.78 is 5.49. The van der Waals surface area contributed by atoms with Gasteiger partial charge in [0.1, 0.15) is 0 Å². The molecule has 3 aromatic carbocycles. The van der Waals surface area contributed by atoms with Gasteiger partial charge in [0.25, 0.3) is 0 Å². The fourth-order valence-electron chi connectivity index (χ4n) is 4.83. The average Bonchev–Trinajstić information content (AvgIpc) is 3.34. The molecule has 5 rings (SSSR count). The van der Waals surface area contributed by atoms with Crippen LogP contribution >= 0.6 is 0 Å². The zero-order valence-corrected chi connectivity index (χ0v) is 20.0. The molecule has 0 fully saturated rings. The van der Waals surface area contributed by atoms with Gasteiger partial charge in [-0.2, -0.15) is 0 Å². The molecular weight excluding hydrogens is 442 g/mol. The molecule has 0 spiro atoms. The summed E-state index contributed by atoms with van der Waals surface area (Å²) in [6.45, 7) is 4.03. The Kier molecular flexibility index (Phi) is 6.63. The van der Waals surface area contributed by atoms with Gasteiger partial charge in [-0.15, -0.1) is 0 Å². The highest BCUT2D eigenvalue weighted by molar-refractivity contribution is 5.99. The number of fused-ring (bicyclic) bond motifs is 1. The standard InChI is InChI=1S/C28H29N3O4/c1-18-5-3-4-6-24(18)25-10-9-21(14-23(25)17-34-2)28-29-27(30-35-28)20-8-7-19-11-12-31(16-26(32)33)15-22(19)13-20/h3-10,13-14,28H,11-12,15-17H2,1-2H3,(H,29,30)(H,32,33). The highest BCUT2D eigenvalue weighted by atomic mass is 16.7. The third-order valence-electron chi connectivity index (χ3n) is 6.59. The Bertz CT molecular complexity index is 1290. The van der Waals surface area contributed by atoms with Crippen LogP contribution in [0.4, 0.5) is 0 Å². The third-order valence-corrected chi connectivity index (χ3v) is 6.59. The fourth-order valence-corrected chi connectivity index (χ4v) is 4.83. The minimum Gasteiger partial charge on any atom is -0.480 e. The van der Waals surface area contributed by atoms with Crippen molar-refractivity contribution >= 4 is 11.8 Å². The molecule has 0 aliphatic carbocycles. The molecule has 3 aromatic rings. The number of aliphatic imine (C=N–C) groups is 1. The van der Waals surface area contributed by atoms with Crippen LogP contribution in [0.2, 0.25) is 0 Å². The van der Waals surface area contributed by atoms with Gasteiger partial charge in [0, 0.05) is 31.3 Å². The number of rotatable bonds is 7. The van der Waals surface area contributed by atoms with Crippen LogP contribution in [0.15, 0.2) is 65.7 Å². The number of aliphatic carboxylic acids is 1. The molecule has 2 heterocycles. The minimum atomic E-state index is -0.802. The molecular formula is C28H29N3O4. The van der Waals surface area contributed by atoms with Crippen molar-refractivity contribution in [2.45, 2.75) is 32.7 Å². The number of nitrogens with one attached hydrogen (secondary N) is 1. The normalized spacial score (nSPS) is 17.5. The number of carboxylic acids is 1. The number of aryl methyl sites for hydroxylation is 1. The Hall–Kier alpha value is -3.52. The van der Waals surface area contributed by atoms with E-state index in [0.717, 1.165) is 40.8 Å². The maximum atomic E-state index is 11.1. The summed E-state index contributed by atoms with van der Waals surface area (Å²) in [5.74, 6) is -0.131. The van der Waals surface area contributed by atoms with Crippen molar-refractivity contribution in [2.75, 3.05) is 20.2 Å². The van der Waals surface area contributed by atoms with Crippen molar-refractivity contribution in [3.8, 4) is 11.1 Å². The smallest absolute Gasteiger partial charge is 0.317 e. The van der Waals surface area contributed by atoms with E-state index in [2.05, 4.69) is 54.9 Å². The van der Waals surface area contributed by atoms with E-state index < -0.39 is 12.2 Å². The SMILES string of the molecule is COCc1cc(C2N=C(c3ccc4c(c3)CN(CC(=O)O)CC4)NO2)ccc1-c1ccccc1C. The van der Waals surface area contributed by atoms with Crippen LogP contribution in [-0.4, -0.2) is 42.0 Å². The first kappa shape index (κ1) is 23.2. The number of hydrogen-bond donors (Lipinski definition) is 2. The summed E-state index contributed by atoms with van der Waals surface area (Å²) >= 11 is 0. The molecule has 0 amide bonds. The summed E-state index contributed by atoms with van der Waals surface area (Å²) in [4.78, 5) is 23.7. The van der Waals surface area contributed by atoms with Gasteiger partial charge in [-0.3, -0.25) is 9.69 Å². The van der Waals surface area contributed by atoms with E-state index in [9.17, 15) is 4.79 Å². The van der Waals surface area contributed by atoms with Crippen LogP contribution in [0.25, 0.3) is 11.1 Å². The number of hydrogen-bond acceptors (Lipinski definition) is 6.